The molecule has 0 aliphatic heterocycles. The third-order valence-corrected chi connectivity index (χ3v) is 2.03. The van der Waals surface area contributed by atoms with E-state index in [-0.39, 0.29) is 0 Å². The Labute approximate surface area is 89.0 Å². The van der Waals surface area contributed by atoms with E-state index in [2.05, 4.69) is 4.98 Å². The summed E-state index contributed by atoms with van der Waals surface area (Å²) in [4.78, 5) is 3.98. The van der Waals surface area contributed by atoms with Crippen LogP contribution in [0.25, 0.3) is 0 Å². The van der Waals surface area contributed by atoms with Gasteiger partial charge >= 0.3 is 0 Å². The van der Waals surface area contributed by atoms with Gasteiger partial charge in [0.15, 0.2) is 11.5 Å². The average Bonchev–Trinajstić information content (AvgIpc) is 2.31. The molecular formula is C12H12NO2. The second kappa shape index (κ2) is 4.64. The maximum atomic E-state index is 5.64. The molecule has 77 valence electrons. The zero-order valence-electron chi connectivity index (χ0n) is 8.51. The van der Waals surface area contributed by atoms with E-state index in [0.717, 1.165) is 17.9 Å². The fourth-order valence-electron chi connectivity index (χ4n) is 1.33. The minimum atomic E-state index is 0.716. The van der Waals surface area contributed by atoms with Crippen LogP contribution in [0.1, 0.15) is 6.42 Å². The molecular weight excluding hydrogens is 190 g/mol. The third kappa shape index (κ3) is 2.37. The first kappa shape index (κ1) is 9.77. The Bertz CT molecular complexity index is 382. The van der Waals surface area contributed by atoms with Crippen molar-refractivity contribution in [2.45, 2.75) is 6.42 Å². The predicted octanol–water partition coefficient (Wildman–Crippen LogP) is 2.48. The highest BCUT2D eigenvalue weighted by Crippen LogP contribution is 2.22. The Balaban J connectivity index is 2.12. The van der Waals surface area contributed by atoms with E-state index in [4.69, 9.17) is 9.47 Å². The number of nitrogens with zero attached hydrogens (tertiary/aromatic N) is 1. The Hall–Kier alpha value is -1.77. The Morgan fingerprint density at radius 3 is 3.00 bits per heavy atom. The number of methoxy groups -OCH3 is 1. The number of hydrogen-bond acceptors (Lipinski definition) is 3. The molecule has 0 amide bonds. The summed E-state index contributed by atoms with van der Waals surface area (Å²) < 4.78 is 10.8. The maximum absolute atomic E-state index is 5.64. The summed E-state index contributed by atoms with van der Waals surface area (Å²) in [5, 5.41) is 0. The molecule has 1 aromatic rings. The van der Waals surface area contributed by atoms with Gasteiger partial charge in [-0.3, -0.25) is 4.98 Å². The highest BCUT2D eigenvalue weighted by atomic mass is 16.5. The van der Waals surface area contributed by atoms with Crippen LogP contribution in [-0.4, -0.2) is 12.1 Å². The molecule has 1 heterocycles. The van der Waals surface area contributed by atoms with Gasteiger partial charge in [0, 0.05) is 6.20 Å². The van der Waals surface area contributed by atoms with E-state index in [1.54, 1.807) is 19.5 Å². The fourth-order valence-corrected chi connectivity index (χ4v) is 1.33. The van der Waals surface area contributed by atoms with Crippen molar-refractivity contribution in [2.75, 3.05) is 7.11 Å². The van der Waals surface area contributed by atoms with E-state index in [0.29, 0.717) is 5.75 Å². The normalized spacial score (nSPS) is 15.3. The Morgan fingerprint density at radius 1 is 1.33 bits per heavy atom. The van der Waals surface area contributed by atoms with Crippen molar-refractivity contribution in [3.63, 3.8) is 0 Å². The first-order chi connectivity index (χ1) is 7.40. The van der Waals surface area contributed by atoms with Crippen LogP contribution in [0.5, 0.6) is 5.75 Å². The van der Waals surface area contributed by atoms with Gasteiger partial charge in [-0.2, -0.15) is 0 Å². The molecule has 1 aromatic heterocycles. The molecule has 1 aliphatic rings. The van der Waals surface area contributed by atoms with Crippen molar-refractivity contribution in [3.05, 3.63) is 54.6 Å². The van der Waals surface area contributed by atoms with Crippen LogP contribution in [0, 0.1) is 6.42 Å². The standard InChI is InChI=1S/C12H12NO2/c1-14-11-6-2-3-7-12(11)15-10-5-4-8-13-9-10/h2,4-9H,3H2,1H3. The Kier molecular flexibility index (Phi) is 3.02. The van der Waals surface area contributed by atoms with Crippen LogP contribution in [0.4, 0.5) is 0 Å². The summed E-state index contributed by atoms with van der Waals surface area (Å²) in [6, 6.07) is 3.69. The van der Waals surface area contributed by atoms with Crippen LogP contribution in [0.2, 0.25) is 0 Å². The second-order valence-corrected chi connectivity index (χ2v) is 3.07. The van der Waals surface area contributed by atoms with E-state index in [9.17, 15) is 0 Å². The van der Waals surface area contributed by atoms with Crippen molar-refractivity contribution in [3.8, 4) is 5.75 Å². The van der Waals surface area contributed by atoms with Gasteiger partial charge in [0.2, 0.25) is 0 Å². The van der Waals surface area contributed by atoms with E-state index in [1.165, 1.54) is 0 Å². The highest BCUT2D eigenvalue weighted by molar-refractivity contribution is 5.32. The average molecular weight is 202 g/mol. The molecule has 0 spiro atoms. The lowest BCUT2D eigenvalue weighted by molar-refractivity contribution is 0.259. The molecule has 15 heavy (non-hydrogen) atoms. The minimum Gasteiger partial charge on any atom is -0.493 e. The zero-order chi connectivity index (χ0) is 10.5. The summed E-state index contributed by atoms with van der Waals surface area (Å²) in [5.74, 6) is 2.20. The lowest BCUT2D eigenvalue weighted by Crippen LogP contribution is -2.04. The van der Waals surface area contributed by atoms with Crippen LogP contribution in [-0.2, 0) is 4.74 Å². The summed E-state index contributed by atoms with van der Waals surface area (Å²) in [7, 11) is 1.63. The zero-order valence-corrected chi connectivity index (χ0v) is 8.51. The lowest BCUT2D eigenvalue weighted by atomic mass is 10.1. The molecule has 0 atom stereocenters. The summed E-state index contributed by atoms with van der Waals surface area (Å²) in [5.41, 5.74) is 0. The second-order valence-electron chi connectivity index (χ2n) is 3.07. The topological polar surface area (TPSA) is 31.4 Å². The summed E-state index contributed by atoms with van der Waals surface area (Å²) in [6.45, 7) is 0. The van der Waals surface area contributed by atoms with Crippen LogP contribution in [0.3, 0.4) is 0 Å². The van der Waals surface area contributed by atoms with Crippen molar-refractivity contribution in [1.29, 1.82) is 0 Å². The molecule has 0 saturated heterocycles. The van der Waals surface area contributed by atoms with Gasteiger partial charge in [-0.15, -0.1) is 0 Å². The number of ether oxygens (including phenoxy) is 2. The molecule has 0 saturated carbocycles. The number of pyridine rings is 1. The maximum Gasteiger partial charge on any atom is 0.165 e. The quantitative estimate of drug-likeness (QED) is 0.754. The van der Waals surface area contributed by atoms with Gasteiger partial charge in [-0.05, 0) is 37.1 Å². The first-order valence-electron chi connectivity index (χ1n) is 4.76. The lowest BCUT2D eigenvalue weighted by Gasteiger charge is -2.15. The van der Waals surface area contributed by atoms with E-state index in [1.807, 2.05) is 30.7 Å². The molecule has 3 nitrogen and oxygen atoms in total. The molecule has 1 aliphatic carbocycles. The Morgan fingerprint density at radius 2 is 2.27 bits per heavy atom. The summed E-state index contributed by atoms with van der Waals surface area (Å²) in [6.07, 6.45) is 10.2. The molecule has 0 aromatic carbocycles. The number of hydrogen-bond donors (Lipinski definition) is 0. The van der Waals surface area contributed by atoms with E-state index < -0.39 is 0 Å². The predicted molar refractivity (Wildman–Crippen MR) is 57.0 cm³/mol. The van der Waals surface area contributed by atoms with Gasteiger partial charge in [0.05, 0.1) is 13.3 Å². The molecule has 0 unspecified atom stereocenters. The van der Waals surface area contributed by atoms with Gasteiger partial charge in [0.25, 0.3) is 0 Å². The molecule has 2 rings (SSSR count). The minimum absolute atomic E-state index is 0.716. The van der Waals surface area contributed by atoms with Gasteiger partial charge in [-0.1, -0.05) is 0 Å². The number of aromatic nitrogens is 1. The van der Waals surface area contributed by atoms with Gasteiger partial charge in [0.1, 0.15) is 5.75 Å². The first-order valence-corrected chi connectivity index (χ1v) is 4.76. The number of allylic oxidation sites excluding steroid dienone is 2. The SMILES string of the molecule is COC1=C[CH]CC=C1Oc1cccnc1. The van der Waals surface area contributed by atoms with Crippen LogP contribution < -0.4 is 4.74 Å². The third-order valence-electron chi connectivity index (χ3n) is 2.03. The highest BCUT2D eigenvalue weighted by Gasteiger charge is 2.11. The van der Waals surface area contributed by atoms with Crippen molar-refractivity contribution < 1.29 is 9.47 Å². The smallest absolute Gasteiger partial charge is 0.165 e. The van der Waals surface area contributed by atoms with Crippen LogP contribution >= 0.6 is 0 Å². The van der Waals surface area contributed by atoms with Crippen molar-refractivity contribution >= 4 is 0 Å². The van der Waals surface area contributed by atoms with Crippen molar-refractivity contribution in [2.24, 2.45) is 0 Å². The molecule has 0 N–H and O–H groups in total. The largest absolute Gasteiger partial charge is 0.493 e. The van der Waals surface area contributed by atoms with Crippen molar-refractivity contribution in [1.82, 2.24) is 4.98 Å². The van der Waals surface area contributed by atoms with Crippen LogP contribution in [0.15, 0.2) is 48.2 Å². The number of rotatable bonds is 3. The summed E-state index contributed by atoms with van der Waals surface area (Å²) >= 11 is 0. The monoisotopic (exact) mass is 202 g/mol. The molecule has 3 heteroatoms. The molecule has 0 bridgehead atoms. The molecule has 0 fully saturated rings. The fraction of sp³-hybridized carbons (Fsp3) is 0.167. The van der Waals surface area contributed by atoms with E-state index >= 15 is 0 Å². The van der Waals surface area contributed by atoms with Gasteiger partial charge in [-0.25, -0.2) is 0 Å². The van der Waals surface area contributed by atoms with Gasteiger partial charge < -0.3 is 9.47 Å². The molecule has 1 radical (unpaired) electrons.